The van der Waals surface area contributed by atoms with Crippen LogP contribution in [0.4, 0.5) is 10.5 Å². The van der Waals surface area contributed by atoms with Crippen LogP contribution in [0.15, 0.2) is 48.5 Å². The van der Waals surface area contributed by atoms with Gasteiger partial charge < -0.3 is 29.0 Å². The van der Waals surface area contributed by atoms with E-state index in [2.05, 4.69) is 5.32 Å². The van der Waals surface area contributed by atoms with Crippen LogP contribution in [0.3, 0.4) is 0 Å². The Morgan fingerprint density at radius 1 is 1.00 bits per heavy atom. The molecule has 3 fully saturated rings. The number of amides is 2. The van der Waals surface area contributed by atoms with Gasteiger partial charge in [-0.05, 0) is 62.4 Å². The highest BCUT2D eigenvalue weighted by atomic mass is 16.8. The van der Waals surface area contributed by atoms with Gasteiger partial charge in [-0.2, -0.15) is 0 Å². The lowest BCUT2D eigenvalue weighted by Gasteiger charge is -2.42. The van der Waals surface area contributed by atoms with Gasteiger partial charge in [-0.1, -0.05) is 0 Å². The summed E-state index contributed by atoms with van der Waals surface area (Å²) >= 11 is 0. The lowest BCUT2D eigenvalue weighted by Crippen LogP contribution is -2.59. The summed E-state index contributed by atoms with van der Waals surface area (Å²) < 4.78 is 29.1. The summed E-state index contributed by atoms with van der Waals surface area (Å²) in [5, 5.41) is 6.35. The number of hydrogen-bond donors (Lipinski definition) is 1. The molecule has 0 radical (unpaired) electrons. The number of carbonyl (C=O) groups is 1. The average molecular weight is 441 g/mol. The zero-order chi connectivity index (χ0) is 22.5. The maximum Gasteiger partial charge on any atom is 0.338 e. The van der Waals surface area contributed by atoms with Crippen molar-refractivity contribution < 1.29 is 28.5 Å². The van der Waals surface area contributed by atoms with E-state index in [1.54, 1.807) is 36.4 Å². The van der Waals surface area contributed by atoms with E-state index in [0.717, 1.165) is 5.75 Å². The van der Waals surface area contributed by atoms with Gasteiger partial charge in [-0.25, -0.2) is 14.8 Å². The molecule has 3 aliphatic heterocycles. The third kappa shape index (κ3) is 3.88. The van der Waals surface area contributed by atoms with E-state index < -0.39 is 12.0 Å². The van der Waals surface area contributed by atoms with Gasteiger partial charge in [0.25, 0.3) is 0 Å². The van der Waals surface area contributed by atoms with Crippen molar-refractivity contribution in [3.05, 3.63) is 48.5 Å². The minimum atomic E-state index is -0.687. The minimum Gasteiger partial charge on any atom is -0.497 e. The molecule has 0 unspecified atom stereocenters. The van der Waals surface area contributed by atoms with Crippen LogP contribution >= 0.6 is 0 Å². The molecule has 3 heterocycles. The van der Waals surface area contributed by atoms with Crippen LogP contribution in [0.2, 0.25) is 0 Å². The van der Waals surface area contributed by atoms with E-state index in [9.17, 15) is 4.79 Å². The quantitative estimate of drug-likeness (QED) is 0.779. The zero-order valence-corrected chi connectivity index (χ0v) is 18.5. The van der Waals surface area contributed by atoms with Gasteiger partial charge >= 0.3 is 6.03 Å². The minimum absolute atomic E-state index is 0.129. The van der Waals surface area contributed by atoms with Gasteiger partial charge in [0.2, 0.25) is 0 Å². The standard InChI is InChI=1S/C23H27N3O6/c1-23(2)31-19-18-13-25(3)26(21(30-18)20(19)32-23)22(27)24-14-5-7-16(8-6-14)29-17-11-9-15(28-4)10-12-17/h5-12,18-21H,13H2,1-4H3,(H,24,27)/t18-,19-,20-,21-/m1/s1. The van der Waals surface area contributed by atoms with Crippen molar-refractivity contribution >= 4 is 11.7 Å². The van der Waals surface area contributed by atoms with Crippen molar-refractivity contribution in [3.8, 4) is 17.2 Å². The second-order valence-corrected chi connectivity index (χ2v) is 8.55. The highest BCUT2D eigenvalue weighted by Crippen LogP contribution is 2.42. The predicted molar refractivity (Wildman–Crippen MR) is 115 cm³/mol. The molecule has 32 heavy (non-hydrogen) atoms. The van der Waals surface area contributed by atoms with Crippen molar-refractivity contribution in [3.63, 3.8) is 0 Å². The lowest BCUT2D eigenvalue weighted by atomic mass is 10.1. The number of anilines is 1. The van der Waals surface area contributed by atoms with Gasteiger partial charge in [0.1, 0.15) is 35.6 Å². The third-order valence-corrected chi connectivity index (χ3v) is 5.79. The highest BCUT2D eigenvalue weighted by Gasteiger charge is 2.61. The molecule has 2 aromatic rings. The van der Waals surface area contributed by atoms with Gasteiger partial charge in [0, 0.05) is 19.3 Å². The van der Waals surface area contributed by atoms with Gasteiger partial charge in [-0.15, -0.1) is 0 Å². The van der Waals surface area contributed by atoms with Crippen molar-refractivity contribution in [2.75, 3.05) is 26.0 Å². The van der Waals surface area contributed by atoms with Crippen LogP contribution in [0.25, 0.3) is 0 Å². The highest BCUT2D eigenvalue weighted by molar-refractivity contribution is 5.89. The molecule has 2 amide bonds. The summed E-state index contributed by atoms with van der Waals surface area (Å²) in [6.45, 7) is 4.30. The molecule has 0 aromatic heterocycles. The normalized spacial score (nSPS) is 28.3. The molecule has 2 bridgehead atoms. The number of hydrogen-bond acceptors (Lipinski definition) is 7. The number of fused-ring (bicyclic) bond motifs is 5. The maximum absolute atomic E-state index is 13.1. The Morgan fingerprint density at radius 2 is 1.59 bits per heavy atom. The average Bonchev–Trinajstić information content (AvgIpc) is 3.22. The molecule has 4 atom stereocenters. The van der Waals surface area contributed by atoms with Gasteiger partial charge in [0.15, 0.2) is 12.0 Å². The summed E-state index contributed by atoms with van der Waals surface area (Å²) in [5.41, 5.74) is 0.645. The fourth-order valence-corrected chi connectivity index (χ4v) is 4.38. The fraction of sp³-hybridized carbons (Fsp3) is 0.435. The number of benzene rings is 2. The van der Waals surface area contributed by atoms with Gasteiger partial charge in [-0.3, -0.25) is 0 Å². The molecule has 0 spiro atoms. The SMILES string of the molecule is COc1ccc(Oc2ccc(NC(=O)N3[C@@H]4O[C@H](CN3C)[C@H]3OC(C)(C)O[C@H]34)cc2)cc1. The first-order valence-electron chi connectivity index (χ1n) is 10.6. The Kier molecular flexibility index (Phi) is 5.21. The smallest absolute Gasteiger partial charge is 0.338 e. The molecule has 5 rings (SSSR count). The number of methoxy groups -OCH3 is 1. The van der Waals surface area contributed by atoms with Crippen molar-refractivity contribution in [2.24, 2.45) is 0 Å². The Hall–Kier alpha value is -2.85. The topological polar surface area (TPSA) is 81.7 Å². The first-order chi connectivity index (χ1) is 15.3. The number of carbonyl (C=O) groups excluding carboxylic acids is 1. The van der Waals surface area contributed by atoms with Crippen LogP contribution < -0.4 is 14.8 Å². The van der Waals surface area contributed by atoms with E-state index in [4.69, 9.17) is 23.7 Å². The Morgan fingerprint density at radius 3 is 2.25 bits per heavy atom. The molecule has 2 aromatic carbocycles. The molecule has 1 N–H and O–H groups in total. The molecule has 0 saturated carbocycles. The maximum atomic E-state index is 13.1. The number of ether oxygens (including phenoxy) is 5. The number of nitrogens with zero attached hydrogens (tertiary/aromatic N) is 2. The Bertz CT molecular complexity index is 978. The first-order valence-corrected chi connectivity index (χ1v) is 10.6. The van der Waals surface area contributed by atoms with E-state index in [1.807, 2.05) is 50.2 Å². The van der Waals surface area contributed by atoms with Crippen LogP contribution in [-0.2, 0) is 14.2 Å². The van der Waals surface area contributed by atoms with E-state index in [0.29, 0.717) is 23.7 Å². The van der Waals surface area contributed by atoms with Crippen molar-refractivity contribution in [1.82, 2.24) is 10.0 Å². The Labute approximate surface area is 186 Å². The summed E-state index contributed by atoms with van der Waals surface area (Å²) in [5.74, 6) is 1.43. The van der Waals surface area contributed by atoms with E-state index >= 15 is 0 Å². The third-order valence-electron chi connectivity index (χ3n) is 5.79. The lowest BCUT2D eigenvalue weighted by molar-refractivity contribution is -0.247. The van der Waals surface area contributed by atoms with Crippen LogP contribution in [0.5, 0.6) is 17.2 Å². The monoisotopic (exact) mass is 441 g/mol. The van der Waals surface area contributed by atoms with Crippen molar-refractivity contribution in [1.29, 1.82) is 0 Å². The van der Waals surface area contributed by atoms with Crippen LogP contribution in [0.1, 0.15) is 13.8 Å². The molecule has 3 aliphatic rings. The largest absolute Gasteiger partial charge is 0.497 e. The molecule has 9 nitrogen and oxygen atoms in total. The molecular weight excluding hydrogens is 414 g/mol. The van der Waals surface area contributed by atoms with Crippen LogP contribution in [0, 0.1) is 0 Å². The molecule has 170 valence electrons. The number of hydrazine groups is 1. The summed E-state index contributed by atoms with van der Waals surface area (Å²) in [6.07, 6.45) is -1.19. The molecule has 9 heteroatoms. The zero-order valence-electron chi connectivity index (χ0n) is 18.5. The fourth-order valence-electron chi connectivity index (χ4n) is 4.38. The van der Waals surface area contributed by atoms with Gasteiger partial charge in [0.05, 0.1) is 7.11 Å². The first kappa shape index (κ1) is 21.0. The van der Waals surface area contributed by atoms with Crippen LogP contribution in [-0.4, -0.2) is 67.1 Å². The predicted octanol–water partition coefficient (Wildman–Crippen LogP) is 3.43. The summed E-state index contributed by atoms with van der Waals surface area (Å²) in [6, 6.07) is 14.2. The van der Waals surface area contributed by atoms with E-state index in [1.165, 1.54) is 0 Å². The number of rotatable bonds is 4. The summed E-state index contributed by atoms with van der Waals surface area (Å²) in [7, 11) is 3.48. The molecule has 0 aliphatic carbocycles. The Balaban J connectivity index is 1.24. The summed E-state index contributed by atoms with van der Waals surface area (Å²) in [4.78, 5) is 13.1. The second-order valence-electron chi connectivity index (χ2n) is 8.55. The molecular formula is C23H27N3O6. The number of likely N-dealkylation sites (N-methyl/N-ethyl adjacent to an activating group) is 1. The number of urea groups is 1. The van der Waals surface area contributed by atoms with E-state index in [-0.39, 0.29) is 24.3 Å². The van der Waals surface area contributed by atoms with Crippen molar-refractivity contribution in [2.45, 2.75) is 44.2 Å². The number of nitrogens with one attached hydrogen (secondary N) is 1. The molecule has 3 saturated heterocycles. The second kappa shape index (κ2) is 7.93.